The maximum absolute atomic E-state index is 11.3. The van der Waals surface area contributed by atoms with Gasteiger partial charge < -0.3 is 14.9 Å². The zero-order valence-corrected chi connectivity index (χ0v) is 10.7. The quantitative estimate of drug-likeness (QED) is 0.755. The number of aliphatic hydroxyl groups is 1. The van der Waals surface area contributed by atoms with Crippen LogP contribution in [0.2, 0.25) is 0 Å². The average molecular weight is 253 g/mol. The Kier molecular flexibility index (Phi) is 5.77. The van der Waals surface area contributed by atoms with Crippen LogP contribution in [-0.4, -0.2) is 48.4 Å². The van der Waals surface area contributed by atoms with Crippen molar-refractivity contribution in [2.24, 2.45) is 0 Å². The van der Waals surface area contributed by atoms with Crippen LogP contribution in [0.3, 0.4) is 0 Å². The third-order valence-electron chi connectivity index (χ3n) is 2.80. The van der Waals surface area contributed by atoms with Gasteiger partial charge in [0.2, 0.25) is 0 Å². The van der Waals surface area contributed by atoms with Crippen molar-refractivity contribution in [1.29, 1.82) is 0 Å². The zero-order valence-electron chi connectivity index (χ0n) is 10.7. The highest BCUT2D eigenvalue weighted by molar-refractivity contribution is 5.75. The standard InChI is InChI=1S/C13H19NO4/c1-14(7-8-18-2)12(13(16)17)11-5-3-10(9-15)4-6-11/h3-6,12,15H,7-9H2,1-2H3,(H,16,17)/t12-/m1/s1. The molecule has 1 atom stereocenters. The highest BCUT2D eigenvalue weighted by Crippen LogP contribution is 2.20. The van der Waals surface area contributed by atoms with Gasteiger partial charge in [0.15, 0.2) is 0 Å². The number of hydrogen-bond donors (Lipinski definition) is 2. The van der Waals surface area contributed by atoms with Gasteiger partial charge >= 0.3 is 5.97 Å². The molecule has 0 spiro atoms. The van der Waals surface area contributed by atoms with Gasteiger partial charge in [0.25, 0.3) is 0 Å². The Morgan fingerprint density at radius 2 is 2.00 bits per heavy atom. The van der Waals surface area contributed by atoms with Crippen LogP contribution in [0.1, 0.15) is 17.2 Å². The van der Waals surface area contributed by atoms with Crippen LogP contribution in [0.5, 0.6) is 0 Å². The molecule has 0 aromatic heterocycles. The van der Waals surface area contributed by atoms with E-state index in [-0.39, 0.29) is 6.61 Å². The molecule has 1 aromatic carbocycles. The third-order valence-corrected chi connectivity index (χ3v) is 2.80. The summed E-state index contributed by atoms with van der Waals surface area (Å²) in [5, 5.41) is 18.2. The first-order valence-corrected chi connectivity index (χ1v) is 5.71. The molecule has 5 nitrogen and oxygen atoms in total. The average Bonchev–Trinajstić information content (AvgIpc) is 2.37. The number of likely N-dealkylation sites (N-methyl/N-ethyl adjacent to an activating group) is 1. The summed E-state index contributed by atoms with van der Waals surface area (Å²) in [6, 6.07) is 6.22. The summed E-state index contributed by atoms with van der Waals surface area (Å²) in [6.45, 7) is 0.974. The van der Waals surface area contributed by atoms with E-state index in [4.69, 9.17) is 9.84 Å². The number of hydrogen-bond acceptors (Lipinski definition) is 4. The zero-order chi connectivity index (χ0) is 13.5. The molecule has 1 aromatic rings. The lowest BCUT2D eigenvalue weighted by Gasteiger charge is -2.24. The van der Waals surface area contributed by atoms with Crippen LogP contribution in [-0.2, 0) is 16.1 Å². The molecule has 1 rings (SSSR count). The Labute approximate surface area is 107 Å². The van der Waals surface area contributed by atoms with Gasteiger partial charge in [0.1, 0.15) is 6.04 Å². The van der Waals surface area contributed by atoms with E-state index < -0.39 is 12.0 Å². The van der Waals surface area contributed by atoms with E-state index in [0.29, 0.717) is 18.7 Å². The number of ether oxygens (including phenoxy) is 1. The number of carboxylic acid groups (broad SMARTS) is 1. The number of benzene rings is 1. The maximum atomic E-state index is 11.3. The fourth-order valence-corrected chi connectivity index (χ4v) is 1.76. The molecule has 0 radical (unpaired) electrons. The summed E-state index contributed by atoms with van der Waals surface area (Å²) in [5.74, 6) is -0.898. The molecule has 5 heteroatoms. The highest BCUT2D eigenvalue weighted by Gasteiger charge is 2.24. The molecule has 0 bridgehead atoms. The third kappa shape index (κ3) is 3.80. The van der Waals surface area contributed by atoms with Crippen LogP contribution in [0.4, 0.5) is 0 Å². The summed E-state index contributed by atoms with van der Waals surface area (Å²) in [7, 11) is 3.33. The predicted molar refractivity (Wildman–Crippen MR) is 67.2 cm³/mol. The van der Waals surface area contributed by atoms with E-state index in [9.17, 15) is 9.90 Å². The van der Waals surface area contributed by atoms with Crippen molar-refractivity contribution in [2.45, 2.75) is 12.6 Å². The summed E-state index contributed by atoms with van der Waals surface area (Å²) < 4.78 is 4.95. The second kappa shape index (κ2) is 7.10. The van der Waals surface area contributed by atoms with Crippen LogP contribution in [0.15, 0.2) is 24.3 Å². The van der Waals surface area contributed by atoms with E-state index in [0.717, 1.165) is 5.56 Å². The number of rotatable bonds is 7. The number of carboxylic acids is 1. The lowest BCUT2D eigenvalue weighted by atomic mass is 10.0. The lowest BCUT2D eigenvalue weighted by molar-refractivity contribution is -0.143. The van der Waals surface area contributed by atoms with Crippen molar-refractivity contribution < 1.29 is 19.7 Å². The number of carbonyl (C=O) groups is 1. The Bertz CT molecular complexity index is 377. The van der Waals surface area contributed by atoms with Gasteiger partial charge in [-0.2, -0.15) is 0 Å². The van der Waals surface area contributed by atoms with E-state index in [1.807, 2.05) is 0 Å². The highest BCUT2D eigenvalue weighted by atomic mass is 16.5. The summed E-state index contributed by atoms with van der Waals surface area (Å²) in [4.78, 5) is 13.0. The number of aliphatic carboxylic acids is 1. The van der Waals surface area contributed by atoms with Crippen molar-refractivity contribution in [1.82, 2.24) is 4.90 Å². The largest absolute Gasteiger partial charge is 0.480 e. The van der Waals surface area contributed by atoms with Gasteiger partial charge in [-0.05, 0) is 18.2 Å². The minimum absolute atomic E-state index is 0.0441. The van der Waals surface area contributed by atoms with Crippen molar-refractivity contribution in [2.75, 3.05) is 27.3 Å². The molecular weight excluding hydrogens is 234 g/mol. The van der Waals surface area contributed by atoms with Gasteiger partial charge in [-0.25, -0.2) is 0 Å². The maximum Gasteiger partial charge on any atom is 0.325 e. The monoisotopic (exact) mass is 253 g/mol. The van der Waals surface area contributed by atoms with Gasteiger partial charge in [-0.1, -0.05) is 24.3 Å². The van der Waals surface area contributed by atoms with Crippen molar-refractivity contribution in [3.63, 3.8) is 0 Å². The molecule has 0 saturated carbocycles. The van der Waals surface area contributed by atoms with Crippen LogP contribution in [0, 0.1) is 0 Å². The van der Waals surface area contributed by atoms with Crippen LogP contribution < -0.4 is 0 Å². The minimum Gasteiger partial charge on any atom is -0.480 e. The van der Waals surface area contributed by atoms with E-state index in [1.165, 1.54) is 0 Å². The molecule has 18 heavy (non-hydrogen) atoms. The van der Waals surface area contributed by atoms with Crippen LogP contribution >= 0.6 is 0 Å². The Morgan fingerprint density at radius 3 is 2.44 bits per heavy atom. The fraction of sp³-hybridized carbons (Fsp3) is 0.462. The second-order valence-corrected chi connectivity index (χ2v) is 4.11. The first-order chi connectivity index (χ1) is 8.60. The predicted octanol–water partition coefficient (Wildman–Crippen LogP) is 0.883. The Balaban J connectivity index is 2.86. The van der Waals surface area contributed by atoms with E-state index >= 15 is 0 Å². The van der Waals surface area contributed by atoms with E-state index in [1.54, 1.807) is 43.3 Å². The van der Waals surface area contributed by atoms with Crippen molar-refractivity contribution >= 4 is 5.97 Å². The molecule has 0 aliphatic rings. The minimum atomic E-state index is -0.898. The SMILES string of the molecule is COCCN(C)[C@@H](C(=O)O)c1ccc(CO)cc1. The number of methoxy groups -OCH3 is 1. The fourth-order valence-electron chi connectivity index (χ4n) is 1.76. The molecular formula is C13H19NO4. The molecule has 0 amide bonds. The molecule has 2 N–H and O–H groups in total. The van der Waals surface area contributed by atoms with Crippen LogP contribution in [0.25, 0.3) is 0 Å². The Morgan fingerprint density at radius 1 is 1.39 bits per heavy atom. The normalized spacial score (nSPS) is 12.7. The first kappa shape index (κ1) is 14.6. The summed E-state index contributed by atoms with van der Waals surface area (Å²) >= 11 is 0. The number of nitrogens with zero attached hydrogens (tertiary/aromatic N) is 1. The molecule has 0 heterocycles. The first-order valence-electron chi connectivity index (χ1n) is 5.71. The van der Waals surface area contributed by atoms with Crippen molar-refractivity contribution in [3.8, 4) is 0 Å². The van der Waals surface area contributed by atoms with E-state index in [2.05, 4.69) is 0 Å². The summed E-state index contributed by atoms with van der Waals surface area (Å²) in [5.41, 5.74) is 1.46. The smallest absolute Gasteiger partial charge is 0.325 e. The molecule has 0 unspecified atom stereocenters. The topological polar surface area (TPSA) is 70.0 Å². The second-order valence-electron chi connectivity index (χ2n) is 4.11. The summed E-state index contributed by atoms with van der Waals surface area (Å²) in [6.07, 6.45) is 0. The molecule has 0 saturated heterocycles. The molecule has 0 fully saturated rings. The van der Waals surface area contributed by atoms with Gasteiger partial charge in [-0.3, -0.25) is 9.69 Å². The molecule has 100 valence electrons. The molecule has 0 aliphatic heterocycles. The lowest BCUT2D eigenvalue weighted by Crippen LogP contribution is -2.33. The van der Waals surface area contributed by atoms with Gasteiger partial charge in [0, 0.05) is 13.7 Å². The van der Waals surface area contributed by atoms with Gasteiger partial charge in [0.05, 0.1) is 13.2 Å². The van der Waals surface area contributed by atoms with Gasteiger partial charge in [-0.15, -0.1) is 0 Å². The van der Waals surface area contributed by atoms with Crippen molar-refractivity contribution in [3.05, 3.63) is 35.4 Å². The Hall–Kier alpha value is -1.43. The number of aliphatic hydroxyl groups excluding tert-OH is 1. The molecule has 0 aliphatic carbocycles.